The van der Waals surface area contributed by atoms with Crippen molar-refractivity contribution in [2.24, 2.45) is 0 Å². The lowest BCUT2D eigenvalue weighted by Crippen LogP contribution is -2.28. The van der Waals surface area contributed by atoms with E-state index in [0.717, 1.165) is 12.2 Å². The van der Waals surface area contributed by atoms with Crippen LogP contribution in [0.3, 0.4) is 0 Å². The minimum absolute atomic E-state index is 0.0914. The van der Waals surface area contributed by atoms with Crippen molar-refractivity contribution in [3.63, 3.8) is 0 Å². The summed E-state index contributed by atoms with van der Waals surface area (Å²) in [6, 6.07) is 9.98. The molecule has 6 nitrogen and oxygen atoms in total. The molecule has 3 rings (SSSR count). The van der Waals surface area contributed by atoms with E-state index < -0.39 is 0 Å². The number of aryl methyl sites for hydroxylation is 1. The summed E-state index contributed by atoms with van der Waals surface area (Å²) in [5.74, 6) is 0.712. The summed E-state index contributed by atoms with van der Waals surface area (Å²) in [5.41, 5.74) is 1.04. The maximum absolute atomic E-state index is 12.2. The molecule has 112 valence electrons. The van der Waals surface area contributed by atoms with Gasteiger partial charge < -0.3 is 9.47 Å². The molecular formula is C15H19N3O3. The number of aromatic nitrogens is 3. The lowest BCUT2D eigenvalue weighted by atomic mass is 10.2. The maximum atomic E-state index is 12.2. The zero-order chi connectivity index (χ0) is 14.7. The number of epoxide rings is 1. The Morgan fingerprint density at radius 1 is 1.38 bits per heavy atom. The Morgan fingerprint density at radius 3 is 2.86 bits per heavy atom. The van der Waals surface area contributed by atoms with E-state index in [4.69, 9.17) is 9.47 Å². The normalized spacial score (nSPS) is 17.1. The predicted molar refractivity (Wildman–Crippen MR) is 77.1 cm³/mol. The van der Waals surface area contributed by atoms with Gasteiger partial charge in [0.15, 0.2) is 0 Å². The number of ether oxygens (including phenoxy) is 2. The van der Waals surface area contributed by atoms with Gasteiger partial charge in [0, 0.05) is 0 Å². The van der Waals surface area contributed by atoms with Crippen molar-refractivity contribution in [3.8, 4) is 0 Å². The molecule has 0 saturated carbocycles. The van der Waals surface area contributed by atoms with Crippen LogP contribution in [0.15, 0.2) is 35.1 Å². The molecule has 1 aromatic heterocycles. The van der Waals surface area contributed by atoms with Crippen LogP contribution in [0.4, 0.5) is 0 Å². The first-order valence-electron chi connectivity index (χ1n) is 7.11. The molecule has 0 aliphatic carbocycles. The van der Waals surface area contributed by atoms with Gasteiger partial charge in [-0.2, -0.15) is 5.10 Å². The molecule has 1 saturated heterocycles. The van der Waals surface area contributed by atoms with Gasteiger partial charge in [-0.3, -0.25) is 4.57 Å². The Bertz CT molecular complexity index is 644. The quantitative estimate of drug-likeness (QED) is 0.563. The number of hydrogen-bond donors (Lipinski definition) is 0. The van der Waals surface area contributed by atoms with Crippen molar-refractivity contribution in [1.82, 2.24) is 14.3 Å². The van der Waals surface area contributed by atoms with E-state index in [1.54, 1.807) is 4.57 Å². The number of rotatable bonds is 7. The average molecular weight is 289 g/mol. The first-order valence-corrected chi connectivity index (χ1v) is 7.11. The third-order valence-corrected chi connectivity index (χ3v) is 3.46. The SMILES string of the molecule is Cc1nn(CC2CO2)c(=O)n1CCOCc1ccccc1. The average Bonchev–Trinajstić information content (AvgIpc) is 3.26. The predicted octanol–water partition coefficient (Wildman–Crippen LogP) is 0.969. The Hall–Kier alpha value is -1.92. The molecule has 21 heavy (non-hydrogen) atoms. The Kier molecular flexibility index (Phi) is 4.17. The molecule has 2 aromatic rings. The standard InChI is InChI=1S/C15H19N3O3/c1-12-16-18(9-14-11-21-14)15(19)17(12)7-8-20-10-13-5-3-2-4-6-13/h2-6,14H,7-11H2,1H3. The Morgan fingerprint density at radius 2 is 2.14 bits per heavy atom. The maximum Gasteiger partial charge on any atom is 0.346 e. The second kappa shape index (κ2) is 6.24. The smallest absolute Gasteiger partial charge is 0.346 e. The van der Waals surface area contributed by atoms with Crippen LogP contribution >= 0.6 is 0 Å². The van der Waals surface area contributed by atoms with E-state index in [1.807, 2.05) is 37.3 Å². The molecule has 2 heterocycles. The van der Waals surface area contributed by atoms with E-state index in [0.29, 0.717) is 32.1 Å². The van der Waals surface area contributed by atoms with Gasteiger partial charge in [-0.25, -0.2) is 9.48 Å². The van der Waals surface area contributed by atoms with Gasteiger partial charge in [-0.05, 0) is 12.5 Å². The van der Waals surface area contributed by atoms with Crippen molar-refractivity contribution in [3.05, 3.63) is 52.2 Å². The van der Waals surface area contributed by atoms with E-state index >= 15 is 0 Å². The van der Waals surface area contributed by atoms with Gasteiger partial charge >= 0.3 is 5.69 Å². The molecule has 1 unspecified atom stereocenters. The third-order valence-electron chi connectivity index (χ3n) is 3.46. The van der Waals surface area contributed by atoms with Crippen molar-refractivity contribution in [2.45, 2.75) is 32.7 Å². The van der Waals surface area contributed by atoms with Crippen LogP contribution in [0.5, 0.6) is 0 Å². The molecule has 1 fully saturated rings. The van der Waals surface area contributed by atoms with E-state index in [9.17, 15) is 4.79 Å². The summed E-state index contributed by atoms with van der Waals surface area (Å²) in [4.78, 5) is 12.2. The summed E-state index contributed by atoms with van der Waals surface area (Å²) >= 11 is 0. The fourth-order valence-electron chi connectivity index (χ4n) is 2.21. The largest absolute Gasteiger partial charge is 0.375 e. The third kappa shape index (κ3) is 3.59. The van der Waals surface area contributed by atoms with Gasteiger partial charge in [-0.1, -0.05) is 30.3 Å². The van der Waals surface area contributed by atoms with Crippen molar-refractivity contribution < 1.29 is 9.47 Å². The minimum Gasteiger partial charge on any atom is -0.375 e. The van der Waals surface area contributed by atoms with Gasteiger partial charge in [0.2, 0.25) is 0 Å². The summed E-state index contributed by atoms with van der Waals surface area (Å²) in [7, 11) is 0. The fraction of sp³-hybridized carbons (Fsp3) is 0.467. The van der Waals surface area contributed by atoms with Crippen LogP contribution in [0.25, 0.3) is 0 Å². The molecular weight excluding hydrogens is 270 g/mol. The van der Waals surface area contributed by atoms with Crippen molar-refractivity contribution in [1.29, 1.82) is 0 Å². The summed E-state index contributed by atoms with van der Waals surface area (Å²) in [5, 5.41) is 4.26. The number of nitrogens with zero attached hydrogens (tertiary/aromatic N) is 3. The highest BCUT2D eigenvalue weighted by molar-refractivity contribution is 5.13. The highest BCUT2D eigenvalue weighted by Crippen LogP contribution is 2.10. The molecule has 6 heteroatoms. The summed E-state index contributed by atoms with van der Waals surface area (Å²) < 4.78 is 13.9. The van der Waals surface area contributed by atoms with Gasteiger partial charge in [-0.15, -0.1) is 0 Å². The second-order valence-corrected chi connectivity index (χ2v) is 5.16. The summed E-state index contributed by atoms with van der Waals surface area (Å²) in [6.07, 6.45) is 0.153. The van der Waals surface area contributed by atoms with Crippen LogP contribution in [-0.4, -0.2) is 33.7 Å². The van der Waals surface area contributed by atoms with Crippen LogP contribution in [-0.2, 0) is 29.2 Å². The van der Waals surface area contributed by atoms with E-state index in [-0.39, 0.29) is 11.8 Å². The van der Waals surface area contributed by atoms with Crippen LogP contribution < -0.4 is 5.69 Å². The van der Waals surface area contributed by atoms with E-state index in [1.165, 1.54) is 4.68 Å². The van der Waals surface area contributed by atoms with Gasteiger partial charge in [0.1, 0.15) is 11.9 Å². The molecule has 1 aliphatic heterocycles. The molecule has 0 radical (unpaired) electrons. The van der Waals surface area contributed by atoms with E-state index in [2.05, 4.69) is 5.10 Å². The molecule has 0 N–H and O–H groups in total. The number of benzene rings is 1. The fourth-order valence-corrected chi connectivity index (χ4v) is 2.21. The van der Waals surface area contributed by atoms with Crippen molar-refractivity contribution >= 4 is 0 Å². The van der Waals surface area contributed by atoms with Gasteiger partial charge in [0.25, 0.3) is 0 Å². The van der Waals surface area contributed by atoms with Crippen molar-refractivity contribution in [2.75, 3.05) is 13.2 Å². The molecule has 0 spiro atoms. The zero-order valence-electron chi connectivity index (χ0n) is 12.1. The Balaban J connectivity index is 1.53. The number of hydrogen-bond acceptors (Lipinski definition) is 4. The lowest BCUT2D eigenvalue weighted by molar-refractivity contribution is 0.112. The highest BCUT2D eigenvalue weighted by Gasteiger charge is 2.25. The summed E-state index contributed by atoms with van der Waals surface area (Å²) in [6.45, 7) is 4.65. The topological polar surface area (TPSA) is 61.6 Å². The Labute approximate surface area is 122 Å². The molecule has 0 amide bonds. The highest BCUT2D eigenvalue weighted by atomic mass is 16.6. The minimum atomic E-state index is -0.0914. The van der Waals surface area contributed by atoms with Crippen LogP contribution in [0.2, 0.25) is 0 Å². The monoisotopic (exact) mass is 289 g/mol. The first-order chi connectivity index (χ1) is 10.2. The van der Waals surface area contributed by atoms with Gasteiger partial charge in [0.05, 0.1) is 32.9 Å². The van der Waals surface area contributed by atoms with Crippen LogP contribution in [0, 0.1) is 6.92 Å². The first kappa shape index (κ1) is 14.0. The molecule has 1 aliphatic rings. The van der Waals surface area contributed by atoms with Crippen LogP contribution in [0.1, 0.15) is 11.4 Å². The zero-order valence-corrected chi connectivity index (χ0v) is 12.1. The molecule has 0 bridgehead atoms. The lowest BCUT2D eigenvalue weighted by Gasteiger charge is -2.05. The molecule has 1 atom stereocenters. The second-order valence-electron chi connectivity index (χ2n) is 5.16. The molecule has 1 aromatic carbocycles.